The number of hydrogen-bond donors (Lipinski definition) is 2. The Morgan fingerprint density at radius 2 is 2.18 bits per heavy atom. The molecule has 2 amide bonds. The number of carboxylic acids is 1. The van der Waals surface area contributed by atoms with Gasteiger partial charge in [0.05, 0.1) is 5.92 Å². The summed E-state index contributed by atoms with van der Waals surface area (Å²) < 4.78 is 0.00157. The van der Waals surface area contributed by atoms with Crippen LogP contribution in [0.25, 0.3) is 0 Å². The van der Waals surface area contributed by atoms with Gasteiger partial charge in [-0.15, -0.1) is 0 Å². The van der Waals surface area contributed by atoms with Crippen LogP contribution in [0.2, 0.25) is 0 Å². The number of thioether (sulfide) groups is 1. The molecule has 5 nitrogen and oxygen atoms in total. The fourth-order valence-corrected chi connectivity index (χ4v) is 1.84. The van der Waals surface area contributed by atoms with E-state index in [2.05, 4.69) is 19.2 Å². The van der Waals surface area contributed by atoms with Crippen LogP contribution in [0.4, 0.5) is 4.79 Å². The van der Waals surface area contributed by atoms with Crippen LogP contribution in [0.15, 0.2) is 0 Å². The lowest BCUT2D eigenvalue weighted by molar-refractivity contribution is -0.141. The van der Waals surface area contributed by atoms with Gasteiger partial charge in [-0.3, -0.25) is 4.79 Å². The molecule has 0 radical (unpaired) electrons. The average molecular weight is 260 g/mol. The lowest BCUT2D eigenvalue weighted by Gasteiger charge is -2.24. The van der Waals surface area contributed by atoms with Crippen molar-refractivity contribution in [3.8, 4) is 0 Å². The summed E-state index contributed by atoms with van der Waals surface area (Å²) in [5, 5.41) is 11.7. The maximum Gasteiger partial charge on any atom is 0.317 e. The normalized spacial score (nSPS) is 20.4. The minimum Gasteiger partial charge on any atom is -0.481 e. The van der Waals surface area contributed by atoms with E-state index in [1.54, 1.807) is 16.7 Å². The molecule has 0 aromatic heterocycles. The zero-order chi connectivity index (χ0) is 13.1. The van der Waals surface area contributed by atoms with Gasteiger partial charge in [0.1, 0.15) is 0 Å². The second-order valence-electron chi connectivity index (χ2n) is 4.89. The Labute approximate surface area is 106 Å². The number of rotatable bonds is 4. The smallest absolute Gasteiger partial charge is 0.317 e. The summed E-state index contributed by atoms with van der Waals surface area (Å²) in [6, 6.07) is -0.157. The van der Waals surface area contributed by atoms with Gasteiger partial charge in [-0.2, -0.15) is 11.8 Å². The molecule has 0 saturated carbocycles. The van der Waals surface area contributed by atoms with E-state index < -0.39 is 11.9 Å². The van der Waals surface area contributed by atoms with Crippen molar-refractivity contribution in [2.75, 3.05) is 25.9 Å². The molecule has 1 aliphatic rings. The summed E-state index contributed by atoms with van der Waals surface area (Å²) in [6.07, 6.45) is 2.55. The van der Waals surface area contributed by atoms with Gasteiger partial charge in [-0.05, 0) is 26.5 Å². The summed E-state index contributed by atoms with van der Waals surface area (Å²) in [7, 11) is 0. The molecule has 0 bridgehead atoms. The second-order valence-corrected chi connectivity index (χ2v) is 6.41. The third-order valence-electron chi connectivity index (χ3n) is 3.04. The number of carbonyl (C=O) groups is 2. The van der Waals surface area contributed by atoms with Gasteiger partial charge in [0, 0.05) is 24.4 Å². The average Bonchev–Trinajstić information content (AvgIpc) is 2.75. The first-order valence-electron chi connectivity index (χ1n) is 5.66. The molecule has 1 unspecified atom stereocenters. The molecule has 0 spiro atoms. The van der Waals surface area contributed by atoms with Crippen LogP contribution >= 0.6 is 11.8 Å². The number of nitrogens with one attached hydrogen (secondary N) is 1. The van der Waals surface area contributed by atoms with Crippen molar-refractivity contribution in [2.45, 2.75) is 25.0 Å². The Bertz CT molecular complexity index is 307. The first-order valence-corrected chi connectivity index (χ1v) is 6.89. The van der Waals surface area contributed by atoms with Crippen LogP contribution < -0.4 is 5.32 Å². The predicted octanol–water partition coefficient (Wildman–Crippen LogP) is 1.24. The van der Waals surface area contributed by atoms with Crippen LogP contribution in [-0.4, -0.2) is 52.6 Å². The van der Waals surface area contributed by atoms with E-state index in [0.29, 0.717) is 26.1 Å². The number of carboxylic acid groups (broad SMARTS) is 1. The lowest BCUT2D eigenvalue weighted by atomic mass is 10.1. The Morgan fingerprint density at radius 3 is 2.65 bits per heavy atom. The number of amides is 2. The maximum atomic E-state index is 11.8. The Balaban J connectivity index is 2.37. The molecule has 0 aliphatic carbocycles. The maximum absolute atomic E-state index is 11.8. The minimum absolute atomic E-state index is 0.00157. The summed E-state index contributed by atoms with van der Waals surface area (Å²) >= 11 is 1.69. The van der Waals surface area contributed by atoms with Gasteiger partial charge >= 0.3 is 12.0 Å². The first-order chi connectivity index (χ1) is 7.85. The van der Waals surface area contributed by atoms with Crippen LogP contribution in [0, 0.1) is 5.92 Å². The molecule has 17 heavy (non-hydrogen) atoms. The molecule has 0 aromatic rings. The summed E-state index contributed by atoms with van der Waals surface area (Å²) in [5.41, 5.74) is 0. The monoisotopic (exact) mass is 260 g/mol. The zero-order valence-corrected chi connectivity index (χ0v) is 11.3. The molecule has 1 aliphatic heterocycles. The zero-order valence-electron chi connectivity index (χ0n) is 10.5. The molecule has 1 heterocycles. The minimum atomic E-state index is -0.815. The molecule has 6 heteroatoms. The fraction of sp³-hybridized carbons (Fsp3) is 0.818. The molecular formula is C11H20N2O3S. The molecule has 1 fully saturated rings. The highest BCUT2D eigenvalue weighted by molar-refractivity contribution is 7.99. The second kappa shape index (κ2) is 5.62. The quantitative estimate of drug-likeness (QED) is 0.798. The molecular weight excluding hydrogens is 240 g/mol. The van der Waals surface area contributed by atoms with Crippen molar-refractivity contribution in [3.63, 3.8) is 0 Å². The first kappa shape index (κ1) is 14.2. The number of likely N-dealkylation sites (tertiary alicyclic amines) is 1. The predicted molar refractivity (Wildman–Crippen MR) is 68.3 cm³/mol. The Kier molecular flexibility index (Phi) is 4.68. The van der Waals surface area contributed by atoms with Crippen molar-refractivity contribution >= 4 is 23.8 Å². The van der Waals surface area contributed by atoms with E-state index in [1.165, 1.54) is 0 Å². The van der Waals surface area contributed by atoms with E-state index in [9.17, 15) is 9.59 Å². The number of nitrogens with zero attached hydrogens (tertiary/aromatic N) is 1. The van der Waals surface area contributed by atoms with Crippen molar-refractivity contribution in [3.05, 3.63) is 0 Å². The topological polar surface area (TPSA) is 69.6 Å². The highest BCUT2D eigenvalue weighted by atomic mass is 32.2. The van der Waals surface area contributed by atoms with E-state index in [1.807, 2.05) is 6.26 Å². The number of aliphatic carboxylic acids is 1. The van der Waals surface area contributed by atoms with E-state index >= 15 is 0 Å². The van der Waals surface area contributed by atoms with Crippen LogP contribution in [-0.2, 0) is 4.79 Å². The van der Waals surface area contributed by atoms with Gasteiger partial charge < -0.3 is 15.3 Å². The third kappa shape index (κ3) is 4.11. The van der Waals surface area contributed by atoms with Gasteiger partial charge in [-0.25, -0.2) is 4.79 Å². The van der Waals surface area contributed by atoms with Crippen molar-refractivity contribution in [1.29, 1.82) is 0 Å². The van der Waals surface area contributed by atoms with Crippen molar-refractivity contribution in [1.82, 2.24) is 10.2 Å². The van der Waals surface area contributed by atoms with Crippen LogP contribution in [0.3, 0.4) is 0 Å². The van der Waals surface area contributed by atoms with E-state index in [4.69, 9.17) is 5.11 Å². The summed E-state index contributed by atoms with van der Waals surface area (Å²) in [4.78, 5) is 24.1. The van der Waals surface area contributed by atoms with Crippen molar-refractivity contribution < 1.29 is 14.7 Å². The summed E-state index contributed by atoms with van der Waals surface area (Å²) in [5.74, 6) is -1.22. The van der Waals surface area contributed by atoms with Gasteiger partial charge in [-0.1, -0.05) is 0 Å². The standard InChI is InChI=1S/C11H20N2O3S/c1-11(2,17-3)7-12-10(16)13-5-4-8(6-13)9(14)15/h8H,4-7H2,1-3H3,(H,12,16)(H,14,15). The Morgan fingerprint density at radius 1 is 1.53 bits per heavy atom. The van der Waals surface area contributed by atoms with Crippen LogP contribution in [0.1, 0.15) is 20.3 Å². The third-order valence-corrected chi connectivity index (χ3v) is 4.29. The van der Waals surface area contributed by atoms with E-state index in [-0.39, 0.29) is 10.8 Å². The van der Waals surface area contributed by atoms with Crippen molar-refractivity contribution in [2.24, 2.45) is 5.92 Å². The SMILES string of the molecule is CSC(C)(C)CNC(=O)N1CCC(C(=O)O)C1. The molecule has 1 atom stereocenters. The Hall–Kier alpha value is -0.910. The molecule has 98 valence electrons. The van der Waals surface area contributed by atoms with Crippen LogP contribution in [0.5, 0.6) is 0 Å². The number of urea groups is 1. The lowest BCUT2D eigenvalue weighted by Crippen LogP contribution is -2.43. The summed E-state index contributed by atoms with van der Waals surface area (Å²) in [6.45, 7) is 5.55. The number of carbonyl (C=O) groups excluding carboxylic acids is 1. The van der Waals surface area contributed by atoms with E-state index in [0.717, 1.165) is 0 Å². The molecule has 2 N–H and O–H groups in total. The molecule has 1 saturated heterocycles. The molecule has 1 rings (SSSR count). The largest absolute Gasteiger partial charge is 0.481 e. The molecule has 0 aromatic carbocycles. The van der Waals surface area contributed by atoms with Gasteiger partial charge in [0.25, 0.3) is 0 Å². The van der Waals surface area contributed by atoms with Gasteiger partial charge in [0.15, 0.2) is 0 Å². The van der Waals surface area contributed by atoms with Gasteiger partial charge in [0.2, 0.25) is 0 Å². The highest BCUT2D eigenvalue weighted by Gasteiger charge is 2.31. The highest BCUT2D eigenvalue weighted by Crippen LogP contribution is 2.20. The number of hydrogen-bond acceptors (Lipinski definition) is 3. The fourth-order valence-electron chi connectivity index (χ4n) is 1.62.